The first kappa shape index (κ1) is 9.23. The molecule has 2 saturated carbocycles. The molecular weight excluding hydrogens is 160 g/mol. The predicted molar refractivity (Wildman–Crippen MR) is 53.5 cm³/mol. The molecule has 0 aromatic heterocycles. The van der Waals surface area contributed by atoms with Crippen molar-refractivity contribution in [2.24, 2.45) is 17.8 Å². The maximum atomic E-state index is 10.9. The van der Waals surface area contributed by atoms with E-state index in [4.69, 9.17) is 0 Å². The fraction of sp³-hybridized carbons (Fsp3) is 0.917. The highest BCUT2D eigenvalue weighted by atomic mass is 16.1. The number of Topliss-reactive ketones (excluding diaryl/α,β-unsaturated/α-hetero) is 1. The first-order chi connectivity index (χ1) is 6.25. The molecule has 0 atom stereocenters. The number of rotatable bonds is 3. The van der Waals surface area contributed by atoms with Crippen molar-refractivity contribution in [1.29, 1.82) is 0 Å². The Balaban J connectivity index is 1.68. The summed E-state index contributed by atoms with van der Waals surface area (Å²) in [6, 6.07) is 0. The second-order valence-electron chi connectivity index (χ2n) is 5.05. The van der Waals surface area contributed by atoms with Gasteiger partial charge in [0.25, 0.3) is 0 Å². The number of carbonyl (C=O) groups is 1. The molecule has 2 aliphatic rings. The molecule has 1 nitrogen and oxygen atoms in total. The zero-order valence-electron chi connectivity index (χ0n) is 8.59. The zero-order chi connectivity index (χ0) is 9.26. The van der Waals surface area contributed by atoms with Gasteiger partial charge in [-0.25, -0.2) is 0 Å². The molecule has 0 radical (unpaired) electrons. The minimum Gasteiger partial charge on any atom is -0.300 e. The second kappa shape index (κ2) is 3.81. The van der Waals surface area contributed by atoms with Gasteiger partial charge in [0.1, 0.15) is 5.78 Å². The Hall–Kier alpha value is -0.330. The lowest BCUT2D eigenvalue weighted by Crippen LogP contribution is -2.30. The molecule has 0 spiro atoms. The molecule has 0 N–H and O–H groups in total. The first-order valence-electron chi connectivity index (χ1n) is 5.75. The van der Waals surface area contributed by atoms with Gasteiger partial charge in [-0.15, -0.1) is 0 Å². The average molecular weight is 180 g/mol. The van der Waals surface area contributed by atoms with Crippen LogP contribution in [0.25, 0.3) is 0 Å². The summed E-state index contributed by atoms with van der Waals surface area (Å²) in [5.41, 5.74) is 0. The fourth-order valence-electron chi connectivity index (χ4n) is 3.17. The van der Waals surface area contributed by atoms with E-state index in [2.05, 4.69) is 0 Å². The molecule has 74 valence electrons. The Morgan fingerprint density at radius 2 is 1.77 bits per heavy atom. The third-order valence-corrected chi connectivity index (χ3v) is 3.91. The normalized spacial score (nSPS) is 34.5. The highest BCUT2D eigenvalue weighted by molar-refractivity contribution is 5.75. The van der Waals surface area contributed by atoms with Gasteiger partial charge in [-0.05, 0) is 37.5 Å². The van der Waals surface area contributed by atoms with Crippen LogP contribution in [0.3, 0.4) is 0 Å². The van der Waals surface area contributed by atoms with Crippen molar-refractivity contribution in [1.82, 2.24) is 0 Å². The molecule has 2 fully saturated rings. The van der Waals surface area contributed by atoms with E-state index in [1.165, 1.54) is 38.5 Å². The molecule has 0 aromatic carbocycles. The summed E-state index contributed by atoms with van der Waals surface area (Å²) in [4.78, 5) is 10.9. The van der Waals surface area contributed by atoms with E-state index in [9.17, 15) is 4.79 Å². The van der Waals surface area contributed by atoms with Crippen molar-refractivity contribution < 1.29 is 4.79 Å². The van der Waals surface area contributed by atoms with E-state index in [0.717, 1.165) is 24.2 Å². The summed E-state index contributed by atoms with van der Waals surface area (Å²) in [5.74, 6) is 3.16. The molecule has 0 amide bonds. The van der Waals surface area contributed by atoms with Gasteiger partial charge >= 0.3 is 0 Å². The van der Waals surface area contributed by atoms with E-state index in [1.54, 1.807) is 6.92 Å². The maximum Gasteiger partial charge on any atom is 0.130 e. The van der Waals surface area contributed by atoms with Crippen LogP contribution in [0.4, 0.5) is 0 Å². The quantitative estimate of drug-likeness (QED) is 0.652. The van der Waals surface area contributed by atoms with Gasteiger partial charge in [0.2, 0.25) is 0 Å². The minimum absolute atomic E-state index is 0.384. The van der Waals surface area contributed by atoms with Crippen molar-refractivity contribution in [2.45, 2.75) is 51.9 Å². The monoisotopic (exact) mass is 180 g/mol. The molecule has 1 heteroatoms. The average Bonchev–Trinajstić information content (AvgIpc) is 2.46. The standard InChI is InChI=1S/C12H20O/c1-9(13)6-10-7-12(8-10)11-4-2-3-5-11/h10-12H,2-8H2,1H3. The van der Waals surface area contributed by atoms with Crippen LogP contribution in [0.2, 0.25) is 0 Å². The minimum atomic E-state index is 0.384. The second-order valence-corrected chi connectivity index (χ2v) is 5.05. The summed E-state index contributed by atoms with van der Waals surface area (Å²) in [6.07, 6.45) is 9.41. The van der Waals surface area contributed by atoms with Crippen molar-refractivity contribution in [3.63, 3.8) is 0 Å². The lowest BCUT2D eigenvalue weighted by atomic mass is 9.66. The van der Waals surface area contributed by atoms with Gasteiger partial charge in [0.05, 0.1) is 0 Å². The van der Waals surface area contributed by atoms with Crippen molar-refractivity contribution >= 4 is 5.78 Å². The van der Waals surface area contributed by atoms with E-state index in [-0.39, 0.29) is 0 Å². The molecular formula is C12H20O. The van der Waals surface area contributed by atoms with Gasteiger partial charge < -0.3 is 4.79 Å². The van der Waals surface area contributed by atoms with Crippen LogP contribution in [0.15, 0.2) is 0 Å². The Labute approximate surface area is 80.9 Å². The number of ketones is 1. The van der Waals surface area contributed by atoms with Crippen LogP contribution in [-0.2, 0) is 4.79 Å². The largest absolute Gasteiger partial charge is 0.300 e. The Bertz CT molecular complexity index is 185. The van der Waals surface area contributed by atoms with Crippen LogP contribution in [0, 0.1) is 17.8 Å². The molecule has 2 aliphatic carbocycles. The van der Waals surface area contributed by atoms with Crippen LogP contribution in [-0.4, -0.2) is 5.78 Å². The van der Waals surface area contributed by atoms with E-state index >= 15 is 0 Å². The molecule has 0 unspecified atom stereocenters. The predicted octanol–water partition coefficient (Wildman–Crippen LogP) is 3.18. The van der Waals surface area contributed by atoms with Gasteiger partial charge in [-0.2, -0.15) is 0 Å². The summed E-state index contributed by atoms with van der Waals surface area (Å²) in [6.45, 7) is 1.73. The van der Waals surface area contributed by atoms with Gasteiger partial charge in [0.15, 0.2) is 0 Å². The Morgan fingerprint density at radius 1 is 1.15 bits per heavy atom. The van der Waals surface area contributed by atoms with E-state index in [0.29, 0.717) is 5.78 Å². The SMILES string of the molecule is CC(=O)CC1CC(C2CCCC2)C1. The molecule has 0 saturated heterocycles. The van der Waals surface area contributed by atoms with Crippen molar-refractivity contribution in [2.75, 3.05) is 0 Å². The van der Waals surface area contributed by atoms with Gasteiger partial charge in [0, 0.05) is 6.42 Å². The smallest absolute Gasteiger partial charge is 0.130 e. The Morgan fingerprint density at radius 3 is 2.31 bits per heavy atom. The van der Waals surface area contributed by atoms with Gasteiger partial charge in [-0.1, -0.05) is 25.7 Å². The summed E-state index contributed by atoms with van der Waals surface area (Å²) in [5, 5.41) is 0. The topological polar surface area (TPSA) is 17.1 Å². The molecule has 0 aliphatic heterocycles. The molecule has 0 aromatic rings. The molecule has 0 heterocycles. The van der Waals surface area contributed by atoms with Crippen molar-refractivity contribution in [3.05, 3.63) is 0 Å². The van der Waals surface area contributed by atoms with Gasteiger partial charge in [-0.3, -0.25) is 0 Å². The summed E-state index contributed by atoms with van der Waals surface area (Å²) in [7, 11) is 0. The zero-order valence-corrected chi connectivity index (χ0v) is 8.59. The molecule has 13 heavy (non-hydrogen) atoms. The van der Waals surface area contributed by atoms with E-state index < -0.39 is 0 Å². The first-order valence-corrected chi connectivity index (χ1v) is 5.75. The number of hydrogen-bond donors (Lipinski definition) is 0. The fourth-order valence-corrected chi connectivity index (χ4v) is 3.17. The summed E-state index contributed by atoms with van der Waals surface area (Å²) >= 11 is 0. The van der Waals surface area contributed by atoms with Crippen LogP contribution in [0.1, 0.15) is 51.9 Å². The third kappa shape index (κ3) is 2.12. The third-order valence-electron chi connectivity index (χ3n) is 3.91. The van der Waals surface area contributed by atoms with Crippen LogP contribution >= 0.6 is 0 Å². The molecule has 0 bridgehead atoms. The number of carbonyl (C=O) groups excluding carboxylic acids is 1. The lowest BCUT2D eigenvalue weighted by molar-refractivity contribution is -0.119. The highest BCUT2D eigenvalue weighted by Crippen LogP contribution is 2.46. The van der Waals surface area contributed by atoms with Crippen LogP contribution in [0.5, 0.6) is 0 Å². The number of hydrogen-bond acceptors (Lipinski definition) is 1. The highest BCUT2D eigenvalue weighted by Gasteiger charge is 2.36. The molecule has 2 rings (SSSR count). The summed E-state index contributed by atoms with van der Waals surface area (Å²) < 4.78 is 0. The lowest BCUT2D eigenvalue weighted by Gasteiger charge is -2.39. The maximum absolute atomic E-state index is 10.9. The van der Waals surface area contributed by atoms with Crippen molar-refractivity contribution in [3.8, 4) is 0 Å². The Kier molecular flexibility index (Phi) is 2.71. The van der Waals surface area contributed by atoms with Crippen LogP contribution < -0.4 is 0 Å². The van der Waals surface area contributed by atoms with E-state index in [1.807, 2.05) is 0 Å².